The van der Waals surface area contributed by atoms with Gasteiger partial charge in [-0.25, -0.2) is 8.42 Å². The topological polar surface area (TPSA) is 54.5 Å². The van der Waals surface area contributed by atoms with Crippen LogP contribution in [0.2, 0.25) is 0 Å². The third-order valence-corrected chi connectivity index (χ3v) is 6.70. The van der Waals surface area contributed by atoms with E-state index >= 15 is 0 Å². The van der Waals surface area contributed by atoms with Gasteiger partial charge in [0.2, 0.25) is 5.91 Å². The van der Waals surface area contributed by atoms with Crippen molar-refractivity contribution >= 4 is 15.7 Å². The summed E-state index contributed by atoms with van der Waals surface area (Å²) in [6.45, 7) is 0. The Kier molecular flexibility index (Phi) is 5.10. The number of nitrogens with zero attached hydrogens (tertiary/aromatic N) is 1. The van der Waals surface area contributed by atoms with E-state index in [9.17, 15) is 13.2 Å². The van der Waals surface area contributed by atoms with Gasteiger partial charge in [0.05, 0.1) is 5.25 Å². The maximum Gasteiger partial charge on any atom is 0.222 e. The molecule has 0 unspecified atom stereocenters. The van der Waals surface area contributed by atoms with Gasteiger partial charge in [0.1, 0.15) is 0 Å². The van der Waals surface area contributed by atoms with Crippen molar-refractivity contribution in [1.82, 2.24) is 4.90 Å². The van der Waals surface area contributed by atoms with Crippen LogP contribution in [0.1, 0.15) is 57.8 Å². The molecule has 0 spiro atoms. The lowest BCUT2D eigenvalue weighted by atomic mass is 9.93. The van der Waals surface area contributed by atoms with E-state index in [1.165, 1.54) is 19.1 Å². The molecule has 0 aliphatic heterocycles. The van der Waals surface area contributed by atoms with Crippen LogP contribution < -0.4 is 0 Å². The van der Waals surface area contributed by atoms with E-state index < -0.39 is 9.84 Å². The predicted octanol–water partition coefficient (Wildman–Crippen LogP) is 2.38. The molecular formula is C15H27NO3S. The molecule has 2 saturated carbocycles. The van der Waals surface area contributed by atoms with Crippen LogP contribution >= 0.6 is 0 Å². The van der Waals surface area contributed by atoms with Gasteiger partial charge in [0, 0.05) is 25.8 Å². The number of carbonyl (C=O) groups is 1. The van der Waals surface area contributed by atoms with Crippen molar-refractivity contribution < 1.29 is 13.2 Å². The highest BCUT2D eigenvalue weighted by molar-refractivity contribution is 7.91. The quantitative estimate of drug-likeness (QED) is 0.801. The molecule has 116 valence electrons. The highest BCUT2D eigenvalue weighted by Gasteiger charge is 2.37. The third-order valence-electron chi connectivity index (χ3n) is 5.05. The van der Waals surface area contributed by atoms with Crippen molar-refractivity contribution in [2.75, 3.05) is 13.3 Å². The number of carbonyl (C=O) groups excluding carboxylic acids is 1. The lowest BCUT2D eigenvalue weighted by Gasteiger charge is -2.37. The number of hydrogen-bond acceptors (Lipinski definition) is 3. The van der Waals surface area contributed by atoms with Crippen molar-refractivity contribution in [1.29, 1.82) is 0 Å². The number of rotatable bonds is 4. The van der Waals surface area contributed by atoms with Gasteiger partial charge in [-0.1, -0.05) is 25.7 Å². The minimum Gasteiger partial charge on any atom is -0.341 e. The lowest BCUT2D eigenvalue weighted by Crippen LogP contribution is -2.49. The van der Waals surface area contributed by atoms with Gasteiger partial charge in [-0.15, -0.1) is 0 Å². The van der Waals surface area contributed by atoms with Gasteiger partial charge >= 0.3 is 0 Å². The van der Waals surface area contributed by atoms with Crippen LogP contribution in [0.5, 0.6) is 0 Å². The Morgan fingerprint density at radius 2 is 1.60 bits per heavy atom. The van der Waals surface area contributed by atoms with Crippen LogP contribution in [0.3, 0.4) is 0 Å². The summed E-state index contributed by atoms with van der Waals surface area (Å²) in [5, 5.41) is -0.367. The van der Waals surface area contributed by atoms with Crippen LogP contribution in [0.4, 0.5) is 0 Å². The Morgan fingerprint density at radius 3 is 2.20 bits per heavy atom. The first kappa shape index (κ1) is 15.8. The van der Waals surface area contributed by atoms with Crippen LogP contribution in [0.25, 0.3) is 0 Å². The Labute approximate surface area is 122 Å². The molecule has 0 aromatic rings. The van der Waals surface area contributed by atoms with E-state index in [2.05, 4.69) is 0 Å². The summed E-state index contributed by atoms with van der Waals surface area (Å²) in [4.78, 5) is 14.1. The van der Waals surface area contributed by atoms with Crippen LogP contribution in [-0.2, 0) is 14.6 Å². The first-order valence-electron chi connectivity index (χ1n) is 7.84. The van der Waals surface area contributed by atoms with Gasteiger partial charge in [-0.05, 0) is 31.6 Å². The van der Waals surface area contributed by atoms with Gasteiger partial charge in [-0.2, -0.15) is 0 Å². The molecule has 20 heavy (non-hydrogen) atoms. The average Bonchev–Trinajstić information content (AvgIpc) is 2.89. The summed E-state index contributed by atoms with van der Waals surface area (Å²) in [5.74, 6) is 0.655. The highest BCUT2D eigenvalue weighted by Crippen LogP contribution is 2.31. The van der Waals surface area contributed by atoms with Crippen LogP contribution in [0, 0.1) is 5.92 Å². The van der Waals surface area contributed by atoms with E-state index in [0.717, 1.165) is 32.1 Å². The van der Waals surface area contributed by atoms with Crippen molar-refractivity contribution in [3.63, 3.8) is 0 Å². The monoisotopic (exact) mass is 301 g/mol. The number of amides is 1. The highest BCUT2D eigenvalue weighted by atomic mass is 32.2. The molecule has 0 heterocycles. The van der Waals surface area contributed by atoms with E-state index in [1.54, 1.807) is 11.9 Å². The zero-order valence-electron chi connectivity index (χ0n) is 12.7. The van der Waals surface area contributed by atoms with E-state index in [4.69, 9.17) is 0 Å². The maximum atomic E-state index is 12.4. The largest absolute Gasteiger partial charge is 0.341 e. The molecule has 2 aliphatic rings. The molecule has 0 saturated heterocycles. The summed E-state index contributed by atoms with van der Waals surface area (Å²) >= 11 is 0. The van der Waals surface area contributed by atoms with Gasteiger partial charge in [-0.3, -0.25) is 4.79 Å². The second-order valence-electron chi connectivity index (χ2n) is 6.58. The maximum absolute atomic E-state index is 12.4. The third kappa shape index (κ3) is 3.74. The molecule has 5 heteroatoms. The van der Waals surface area contributed by atoms with Gasteiger partial charge in [0.15, 0.2) is 9.84 Å². The minimum atomic E-state index is -3.07. The predicted molar refractivity (Wildman–Crippen MR) is 80.2 cm³/mol. The minimum absolute atomic E-state index is 0.118. The second kappa shape index (κ2) is 6.46. The van der Waals surface area contributed by atoms with Crippen molar-refractivity contribution in [2.45, 2.75) is 69.1 Å². The normalized spacial score (nSPS) is 28.5. The second-order valence-corrected chi connectivity index (χ2v) is 8.84. The molecule has 1 amide bonds. The van der Waals surface area contributed by atoms with E-state index in [0.29, 0.717) is 18.8 Å². The molecule has 2 fully saturated rings. The fraction of sp³-hybridized carbons (Fsp3) is 0.933. The zero-order chi connectivity index (χ0) is 14.8. The molecule has 0 radical (unpaired) electrons. The summed E-state index contributed by atoms with van der Waals surface area (Å²) in [7, 11) is -1.28. The molecular weight excluding hydrogens is 274 g/mol. The molecule has 4 nitrogen and oxygen atoms in total. The lowest BCUT2D eigenvalue weighted by molar-refractivity contribution is -0.133. The summed E-state index contributed by atoms with van der Waals surface area (Å²) in [6, 6.07) is -0.118. The molecule has 2 rings (SSSR count). The molecule has 2 atom stereocenters. The summed E-state index contributed by atoms with van der Waals surface area (Å²) < 4.78 is 23.9. The van der Waals surface area contributed by atoms with Gasteiger partial charge in [0.25, 0.3) is 0 Å². The fourth-order valence-corrected chi connectivity index (χ4v) is 5.29. The number of hydrogen-bond donors (Lipinski definition) is 0. The SMILES string of the molecule is CN(C(=O)CC1CCCC1)[C@@H]1CCCC[C@H]1S(C)(=O)=O. The van der Waals surface area contributed by atoms with Crippen molar-refractivity contribution in [3.8, 4) is 0 Å². The zero-order valence-corrected chi connectivity index (χ0v) is 13.5. The Morgan fingerprint density at radius 1 is 1.05 bits per heavy atom. The van der Waals surface area contributed by atoms with E-state index in [1.807, 2.05) is 0 Å². The van der Waals surface area contributed by atoms with Gasteiger partial charge < -0.3 is 4.90 Å². The number of sulfone groups is 1. The smallest absolute Gasteiger partial charge is 0.222 e. The molecule has 0 bridgehead atoms. The molecule has 0 aromatic heterocycles. The first-order valence-corrected chi connectivity index (χ1v) is 9.79. The molecule has 0 aromatic carbocycles. The Bertz CT molecular complexity index is 440. The van der Waals surface area contributed by atoms with Crippen LogP contribution in [-0.4, -0.2) is 43.8 Å². The summed E-state index contributed by atoms with van der Waals surface area (Å²) in [5.41, 5.74) is 0. The standard InChI is InChI=1S/C15H27NO3S/c1-16(15(17)11-12-7-3-4-8-12)13-9-5-6-10-14(13)20(2,18)19/h12-14H,3-11H2,1-2H3/t13-,14-/m1/s1. The molecule has 0 N–H and O–H groups in total. The van der Waals surface area contributed by atoms with Crippen molar-refractivity contribution in [2.24, 2.45) is 5.92 Å². The van der Waals surface area contributed by atoms with Crippen molar-refractivity contribution in [3.05, 3.63) is 0 Å². The fourth-order valence-electron chi connectivity index (χ4n) is 3.81. The first-order chi connectivity index (χ1) is 9.39. The average molecular weight is 301 g/mol. The van der Waals surface area contributed by atoms with Crippen LogP contribution in [0.15, 0.2) is 0 Å². The Balaban J connectivity index is 2.01. The summed E-state index contributed by atoms with van der Waals surface area (Å²) in [6.07, 6.45) is 10.2. The van der Waals surface area contributed by atoms with E-state index in [-0.39, 0.29) is 17.2 Å². The molecule has 2 aliphatic carbocycles. The Hall–Kier alpha value is -0.580.